The fourth-order valence-corrected chi connectivity index (χ4v) is 9.37. The van der Waals surface area contributed by atoms with E-state index < -0.39 is 0 Å². The van der Waals surface area contributed by atoms with Crippen LogP contribution in [-0.2, 0) is 0 Å². The quantitative estimate of drug-likeness (QED) is 0.161. The summed E-state index contributed by atoms with van der Waals surface area (Å²) in [6.45, 7) is 0. The van der Waals surface area contributed by atoms with Gasteiger partial charge in [-0.15, -0.1) is 0 Å². The normalized spacial score (nSPS) is 11.6. The van der Waals surface area contributed by atoms with Gasteiger partial charge in [0.2, 0.25) is 0 Å². The van der Waals surface area contributed by atoms with Crippen molar-refractivity contribution in [1.29, 1.82) is 0 Å². The van der Waals surface area contributed by atoms with Crippen LogP contribution in [0, 0.1) is 0 Å². The molecule has 0 aliphatic heterocycles. The van der Waals surface area contributed by atoms with Gasteiger partial charge in [-0.3, -0.25) is 0 Å². The van der Waals surface area contributed by atoms with Crippen molar-refractivity contribution in [3.8, 4) is 39.1 Å². The average molecular weight is 779 g/mol. The Balaban J connectivity index is 0.986. The molecule has 0 N–H and O–H groups in total. The van der Waals surface area contributed by atoms with Crippen LogP contribution in [0.4, 0.5) is 17.1 Å². The van der Waals surface area contributed by atoms with E-state index in [4.69, 9.17) is 4.42 Å². The molecular weight excluding hydrogens is 741 g/mol. The molecule has 61 heavy (non-hydrogen) atoms. The van der Waals surface area contributed by atoms with Gasteiger partial charge in [0.05, 0.1) is 16.7 Å². The second kappa shape index (κ2) is 14.3. The molecular formula is C58H38N2O. The Bertz CT molecular complexity index is 3560. The van der Waals surface area contributed by atoms with E-state index in [-0.39, 0.29) is 0 Å². The molecule has 2 heterocycles. The van der Waals surface area contributed by atoms with Crippen LogP contribution < -0.4 is 4.90 Å². The third-order valence-electron chi connectivity index (χ3n) is 12.2. The lowest BCUT2D eigenvalue weighted by molar-refractivity contribution is 0.669. The van der Waals surface area contributed by atoms with Crippen LogP contribution in [-0.4, -0.2) is 4.57 Å². The predicted octanol–water partition coefficient (Wildman–Crippen LogP) is 16.3. The highest BCUT2D eigenvalue weighted by Gasteiger charge is 2.20. The molecule has 0 atom stereocenters. The third kappa shape index (κ3) is 5.82. The maximum Gasteiger partial charge on any atom is 0.136 e. The number of anilines is 3. The molecule has 0 saturated heterocycles. The van der Waals surface area contributed by atoms with Crippen molar-refractivity contribution in [1.82, 2.24) is 4.57 Å². The lowest BCUT2D eigenvalue weighted by atomic mass is 9.98. The minimum Gasteiger partial charge on any atom is -0.456 e. The van der Waals surface area contributed by atoms with Gasteiger partial charge in [-0.1, -0.05) is 170 Å². The number of fused-ring (bicyclic) bond motifs is 8. The number of hydrogen-bond acceptors (Lipinski definition) is 2. The number of aromatic nitrogens is 1. The molecule has 0 saturated carbocycles. The van der Waals surface area contributed by atoms with Crippen molar-refractivity contribution >= 4 is 71.6 Å². The van der Waals surface area contributed by atoms with Gasteiger partial charge in [0.15, 0.2) is 0 Å². The van der Waals surface area contributed by atoms with Gasteiger partial charge < -0.3 is 13.9 Å². The highest BCUT2D eigenvalue weighted by atomic mass is 16.3. The molecule has 0 aliphatic rings. The summed E-state index contributed by atoms with van der Waals surface area (Å²) in [4.78, 5) is 2.38. The lowest BCUT2D eigenvalue weighted by Gasteiger charge is -2.28. The van der Waals surface area contributed by atoms with Gasteiger partial charge in [-0.05, 0) is 93.9 Å². The summed E-state index contributed by atoms with van der Waals surface area (Å²) in [6.07, 6.45) is 0. The van der Waals surface area contributed by atoms with Gasteiger partial charge in [0, 0.05) is 49.6 Å². The van der Waals surface area contributed by atoms with Crippen LogP contribution in [0.5, 0.6) is 0 Å². The molecule has 2 aromatic heterocycles. The Labute approximate surface area is 353 Å². The van der Waals surface area contributed by atoms with Crippen LogP contribution in [0.3, 0.4) is 0 Å². The monoisotopic (exact) mass is 778 g/mol. The summed E-state index contributed by atoms with van der Waals surface area (Å²) in [5, 5.41) is 7.26. The van der Waals surface area contributed by atoms with Crippen molar-refractivity contribution in [2.75, 3.05) is 4.90 Å². The van der Waals surface area contributed by atoms with E-state index in [1.165, 1.54) is 43.7 Å². The highest BCUT2D eigenvalue weighted by molar-refractivity contribution is 6.19. The fraction of sp³-hybridized carbons (Fsp3) is 0. The third-order valence-corrected chi connectivity index (χ3v) is 12.2. The van der Waals surface area contributed by atoms with Crippen LogP contribution in [0.15, 0.2) is 235 Å². The number of benzene rings is 10. The van der Waals surface area contributed by atoms with E-state index in [1.807, 2.05) is 12.1 Å². The van der Waals surface area contributed by atoms with E-state index >= 15 is 0 Å². The summed E-state index contributed by atoms with van der Waals surface area (Å²) in [5.74, 6) is 0. The molecule has 0 spiro atoms. The zero-order chi connectivity index (χ0) is 40.3. The smallest absolute Gasteiger partial charge is 0.136 e. The first-order valence-corrected chi connectivity index (χ1v) is 20.8. The van der Waals surface area contributed by atoms with Crippen LogP contribution >= 0.6 is 0 Å². The van der Waals surface area contributed by atoms with Crippen LogP contribution in [0.1, 0.15) is 0 Å². The van der Waals surface area contributed by atoms with Gasteiger partial charge in [0.1, 0.15) is 11.2 Å². The highest BCUT2D eigenvalue weighted by Crippen LogP contribution is 2.44. The Morgan fingerprint density at radius 3 is 1.75 bits per heavy atom. The zero-order valence-corrected chi connectivity index (χ0v) is 33.2. The van der Waals surface area contributed by atoms with Crippen molar-refractivity contribution < 1.29 is 4.42 Å². The minimum absolute atomic E-state index is 0.899. The molecule has 286 valence electrons. The van der Waals surface area contributed by atoms with Gasteiger partial charge in [-0.2, -0.15) is 0 Å². The maximum absolute atomic E-state index is 6.26. The molecule has 0 unspecified atom stereocenters. The molecule has 0 aliphatic carbocycles. The largest absolute Gasteiger partial charge is 0.456 e. The van der Waals surface area contributed by atoms with Crippen LogP contribution in [0.25, 0.3) is 93.6 Å². The molecule has 3 heteroatoms. The number of rotatable bonds is 7. The SMILES string of the molecule is c1ccc(-c2ccccc2N(c2ccc(-c3ccc4c5ccc6ccccc6c5n(-c5ccccc5)c4c3)cc2)c2ccc(-c3cccc4oc5ccccc5c34)cc2)cc1. The topological polar surface area (TPSA) is 21.3 Å². The first-order chi connectivity index (χ1) is 30.3. The molecule has 12 rings (SSSR count). The lowest BCUT2D eigenvalue weighted by Crippen LogP contribution is -2.11. The number of furan rings is 1. The standard InChI is InChI=1S/C58H38N2O/c1-3-14-40(15-4-1)47-19-9-11-23-53(47)59(46-34-28-42(29-35-46)48-22-13-25-56-57(48)52-21-10-12-24-55(52)61-56)45-32-26-39(27-33-45)43-31-36-50-51-37-30-41-16-7-8-20-49(41)58(51)60(54(50)38-43)44-17-5-2-6-18-44/h1-38H. The summed E-state index contributed by atoms with van der Waals surface area (Å²) in [6, 6.07) is 82.9. The Morgan fingerprint density at radius 2 is 0.951 bits per heavy atom. The Hall–Kier alpha value is -8.14. The molecule has 12 aromatic rings. The van der Waals surface area contributed by atoms with Crippen molar-refractivity contribution in [3.05, 3.63) is 231 Å². The fourth-order valence-electron chi connectivity index (χ4n) is 9.37. The van der Waals surface area contributed by atoms with E-state index in [1.54, 1.807) is 0 Å². The van der Waals surface area contributed by atoms with E-state index in [9.17, 15) is 0 Å². The number of hydrogen-bond donors (Lipinski definition) is 0. The van der Waals surface area contributed by atoms with E-state index in [0.717, 1.165) is 66.9 Å². The zero-order valence-electron chi connectivity index (χ0n) is 33.2. The van der Waals surface area contributed by atoms with Crippen molar-refractivity contribution in [2.45, 2.75) is 0 Å². The molecule has 10 aromatic carbocycles. The number of nitrogens with zero attached hydrogens (tertiary/aromatic N) is 2. The second-order valence-electron chi connectivity index (χ2n) is 15.7. The van der Waals surface area contributed by atoms with E-state index in [0.29, 0.717) is 0 Å². The average Bonchev–Trinajstić information content (AvgIpc) is 3.89. The van der Waals surface area contributed by atoms with Crippen molar-refractivity contribution in [3.63, 3.8) is 0 Å². The van der Waals surface area contributed by atoms with Crippen LogP contribution in [0.2, 0.25) is 0 Å². The molecule has 0 amide bonds. The Morgan fingerprint density at radius 1 is 0.361 bits per heavy atom. The maximum atomic E-state index is 6.26. The molecule has 0 bridgehead atoms. The minimum atomic E-state index is 0.899. The first kappa shape index (κ1) is 34.9. The summed E-state index contributed by atoms with van der Waals surface area (Å²) in [7, 11) is 0. The summed E-state index contributed by atoms with van der Waals surface area (Å²) >= 11 is 0. The van der Waals surface area contributed by atoms with Crippen molar-refractivity contribution in [2.24, 2.45) is 0 Å². The summed E-state index contributed by atoms with van der Waals surface area (Å²) < 4.78 is 8.69. The molecule has 0 fully saturated rings. The van der Waals surface area contributed by atoms with Gasteiger partial charge in [0.25, 0.3) is 0 Å². The predicted molar refractivity (Wildman–Crippen MR) is 257 cm³/mol. The Kier molecular flexibility index (Phi) is 8.17. The van der Waals surface area contributed by atoms with E-state index in [2.05, 4.69) is 228 Å². The number of para-hydroxylation sites is 3. The second-order valence-corrected chi connectivity index (χ2v) is 15.7. The van der Waals surface area contributed by atoms with Gasteiger partial charge in [-0.25, -0.2) is 0 Å². The molecule has 3 nitrogen and oxygen atoms in total. The molecule has 0 radical (unpaired) electrons. The summed E-state index contributed by atoms with van der Waals surface area (Å²) in [5.41, 5.74) is 15.6. The van der Waals surface area contributed by atoms with Gasteiger partial charge >= 0.3 is 0 Å². The first-order valence-electron chi connectivity index (χ1n) is 20.8.